The molecule has 2 amide bonds. The van der Waals surface area contributed by atoms with Crippen LogP contribution in [0.25, 0.3) is 0 Å². The van der Waals surface area contributed by atoms with Crippen molar-refractivity contribution >= 4 is 23.4 Å². The SMILES string of the molecule is O=C(CNC(=O)c1ccco1)NCCOc1cccc(Cl)c1. The lowest BCUT2D eigenvalue weighted by molar-refractivity contribution is -0.120. The molecule has 1 aromatic carbocycles. The van der Waals surface area contributed by atoms with Crippen LogP contribution in [0.1, 0.15) is 10.6 Å². The molecule has 0 saturated carbocycles. The number of benzene rings is 1. The van der Waals surface area contributed by atoms with Crippen molar-refractivity contribution in [2.75, 3.05) is 19.7 Å². The van der Waals surface area contributed by atoms with Crippen molar-refractivity contribution in [3.63, 3.8) is 0 Å². The number of hydrogen-bond donors (Lipinski definition) is 2. The van der Waals surface area contributed by atoms with Crippen molar-refractivity contribution in [1.82, 2.24) is 10.6 Å². The summed E-state index contributed by atoms with van der Waals surface area (Å²) in [5, 5.41) is 5.66. The number of furan rings is 1. The van der Waals surface area contributed by atoms with E-state index in [0.717, 1.165) is 0 Å². The normalized spacial score (nSPS) is 10.0. The average molecular weight is 323 g/mol. The van der Waals surface area contributed by atoms with E-state index in [2.05, 4.69) is 10.6 Å². The summed E-state index contributed by atoms with van der Waals surface area (Å²) in [6, 6.07) is 10.1. The molecule has 0 fully saturated rings. The van der Waals surface area contributed by atoms with E-state index < -0.39 is 5.91 Å². The van der Waals surface area contributed by atoms with E-state index in [1.807, 2.05) is 0 Å². The highest BCUT2D eigenvalue weighted by Gasteiger charge is 2.09. The van der Waals surface area contributed by atoms with E-state index in [4.69, 9.17) is 20.8 Å². The molecular formula is C15H15ClN2O4. The van der Waals surface area contributed by atoms with Crippen molar-refractivity contribution in [2.45, 2.75) is 0 Å². The lowest BCUT2D eigenvalue weighted by atomic mass is 10.3. The Morgan fingerprint density at radius 3 is 2.77 bits per heavy atom. The topological polar surface area (TPSA) is 80.6 Å². The summed E-state index contributed by atoms with van der Waals surface area (Å²) in [4.78, 5) is 23.1. The molecule has 6 nitrogen and oxygen atoms in total. The molecule has 0 bridgehead atoms. The smallest absolute Gasteiger partial charge is 0.287 e. The van der Waals surface area contributed by atoms with Crippen molar-refractivity contribution in [3.8, 4) is 5.75 Å². The number of hydrogen-bond acceptors (Lipinski definition) is 4. The number of carbonyl (C=O) groups is 2. The molecule has 2 rings (SSSR count). The molecule has 0 aliphatic rings. The van der Waals surface area contributed by atoms with Gasteiger partial charge < -0.3 is 19.8 Å². The van der Waals surface area contributed by atoms with Gasteiger partial charge in [0.05, 0.1) is 19.4 Å². The molecule has 0 radical (unpaired) electrons. The minimum Gasteiger partial charge on any atom is -0.492 e. The van der Waals surface area contributed by atoms with Crippen LogP contribution in [0, 0.1) is 0 Å². The van der Waals surface area contributed by atoms with Crippen molar-refractivity contribution in [1.29, 1.82) is 0 Å². The van der Waals surface area contributed by atoms with Crippen molar-refractivity contribution in [2.24, 2.45) is 0 Å². The lowest BCUT2D eigenvalue weighted by Crippen LogP contribution is -2.38. The summed E-state index contributed by atoms with van der Waals surface area (Å²) in [5.74, 6) is 0.0508. The Labute approximate surface area is 132 Å². The van der Waals surface area contributed by atoms with Gasteiger partial charge in [-0.2, -0.15) is 0 Å². The van der Waals surface area contributed by atoms with Crippen LogP contribution in [0.15, 0.2) is 47.1 Å². The van der Waals surface area contributed by atoms with Crippen LogP contribution in [0.5, 0.6) is 5.75 Å². The van der Waals surface area contributed by atoms with E-state index in [1.54, 1.807) is 30.3 Å². The fourth-order valence-electron chi connectivity index (χ4n) is 1.63. The number of halogens is 1. The minimum atomic E-state index is -0.435. The van der Waals surface area contributed by atoms with E-state index in [0.29, 0.717) is 23.9 Å². The Balaban J connectivity index is 1.61. The third kappa shape index (κ3) is 5.14. The van der Waals surface area contributed by atoms with Gasteiger partial charge in [0, 0.05) is 5.02 Å². The molecule has 2 aromatic rings. The van der Waals surface area contributed by atoms with E-state index >= 15 is 0 Å². The average Bonchev–Trinajstić information content (AvgIpc) is 3.04. The van der Waals surface area contributed by atoms with Crippen molar-refractivity contribution in [3.05, 3.63) is 53.4 Å². The van der Waals surface area contributed by atoms with E-state index in [9.17, 15) is 9.59 Å². The number of rotatable bonds is 7. The van der Waals surface area contributed by atoms with E-state index in [-0.39, 0.29) is 18.2 Å². The number of ether oxygens (including phenoxy) is 1. The standard InChI is InChI=1S/C15H15ClN2O4/c16-11-3-1-4-12(9-11)21-8-6-17-14(19)10-18-15(20)13-5-2-7-22-13/h1-5,7,9H,6,8,10H2,(H,17,19)(H,18,20). The van der Waals surface area contributed by atoms with Crippen LogP contribution < -0.4 is 15.4 Å². The zero-order valence-corrected chi connectivity index (χ0v) is 12.4. The predicted molar refractivity (Wildman–Crippen MR) is 81.0 cm³/mol. The highest BCUT2D eigenvalue weighted by atomic mass is 35.5. The van der Waals surface area contributed by atoms with Gasteiger partial charge in [-0.05, 0) is 30.3 Å². The third-order valence-corrected chi connectivity index (χ3v) is 2.88. The summed E-state index contributed by atoms with van der Waals surface area (Å²) in [6.45, 7) is 0.497. The molecular weight excluding hydrogens is 308 g/mol. The third-order valence-electron chi connectivity index (χ3n) is 2.64. The molecule has 7 heteroatoms. The first-order chi connectivity index (χ1) is 10.6. The van der Waals surface area contributed by atoms with Gasteiger partial charge in [-0.15, -0.1) is 0 Å². The Morgan fingerprint density at radius 1 is 1.18 bits per heavy atom. The number of carbonyl (C=O) groups excluding carboxylic acids is 2. The summed E-state index contributed by atoms with van der Waals surface area (Å²) < 4.78 is 10.3. The maximum atomic E-state index is 11.5. The number of nitrogens with one attached hydrogen (secondary N) is 2. The molecule has 0 saturated heterocycles. The monoisotopic (exact) mass is 322 g/mol. The fraction of sp³-hybridized carbons (Fsp3) is 0.200. The van der Waals surface area contributed by atoms with Crippen molar-refractivity contribution < 1.29 is 18.7 Å². The Bertz CT molecular complexity index is 628. The molecule has 1 heterocycles. The lowest BCUT2D eigenvalue weighted by Gasteiger charge is -2.08. The molecule has 116 valence electrons. The van der Waals surface area contributed by atoms with Gasteiger partial charge >= 0.3 is 0 Å². The molecule has 0 aliphatic heterocycles. The quantitative estimate of drug-likeness (QED) is 0.762. The largest absolute Gasteiger partial charge is 0.492 e. The summed E-state index contributed by atoms with van der Waals surface area (Å²) in [6.07, 6.45) is 1.39. The Morgan fingerprint density at radius 2 is 2.05 bits per heavy atom. The van der Waals surface area contributed by atoms with Crippen LogP contribution in [0.2, 0.25) is 5.02 Å². The minimum absolute atomic E-state index is 0.128. The zero-order chi connectivity index (χ0) is 15.8. The van der Waals surface area contributed by atoms with Crippen LogP contribution in [0.4, 0.5) is 0 Å². The molecule has 0 unspecified atom stereocenters. The van der Waals surface area contributed by atoms with Gasteiger partial charge in [-0.3, -0.25) is 9.59 Å². The molecule has 0 aliphatic carbocycles. The second-order valence-electron chi connectivity index (χ2n) is 4.32. The van der Waals surface area contributed by atoms with Gasteiger partial charge in [-0.1, -0.05) is 17.7 Å². The van der Waals surface area contributed by atoms with Gasteiger partial charge in [0.2, 0.25) is 5.91 Å². The number of amides is 2. The summed E-state index contributed by atoms with van der Waals surface area (Å²) >= 11 is 5.82. The molecule has 1 aromatic heterocycles. The van der Waals surface area contributed by atoms with Crippen LogP contribution in [0.3, 0.4) is 0 Å². The highest BCUT2D eigenvalue weighted by molar-refractivity contribution is 6.30. The van der Waals surface area contributed by atoms with Crippen LogP contribution in [-0.4, -0.2) is 31.5 Å². The molecule has 0 spiro atoms. The zero-order valence-electron chi connectivity index (χ0n) is 11.7. The Kier molecular flexibility index (Phi) is 5.85. The molecule has 0 atom stereocenters. The second kappa shape index (κ2) is 8.09. The summed E-state index contributed by atoms with van der Waals surface area (Å²) in [7, 11) is 0. The molecule has 2 N–H and O–H groups in total. The van der Waals surface area contributed by atoms with Gasteiger partial charge in [-0.25, -0.2) is 0 Å². The highest BCUT2D eigenvalue weighted by Crippen LogP contribution is 2.16. The maximum Gasteiger partial charge on any atom is 0.287 e. The second-order valence-corrected chi connectivity index (χ2v) is 4.75. The predicted octanol–water partition coefficient (Wildman–Crippen LogP) is 1.86. The van der Waals surface area contributed by atoms with E-state index in [1.165, 1.54) is 12.3 Å². The fourth-order valence-corrected chi connectivity index (χ4v) is 1.81. The van der Waals surface area contributed by atoms with Crippen LogP contribution >= 0.6 is 11.6 Å². The first-order valence-electron chi connectivity index (χ1n) is 6.62. The van der Waals surface area contributed by atoms with Gasteiger partial charge in [0.15, 0.2) is 5.76 Å². The molecule has 22 heavy (non-hydrogen) atoms. The van der Waals surface area contributed by atoms with Gasteiger partial charge in [0.25, 0.3) is 5.91 Å². The van der Waals surface area contributed by atoms with Crippen LogP contribution in [-0.2, 0) is 4.79 Å². The Hall–Kier alpha value is -2.47. The van der Waals surface area contributed by atoms with Gasteiger partial charge in [0.1, 0.15) is 12.4 Å². The first kappa shape index (κ1) is 15.9. The summed E-state index contributed by atoms with van der Waals surface area (Å²) in [5.41, 5.74) is 0. The first-order valence-corrected chi connectivity index (χ1v) is 7.00. The maximum absolute atomic E-state index is 11.5.